The highest BCUT2D eigenvalue weighted by Gasteiger charge is 2.22. The van der Waals surface area contributed by atoms with Crippen LogP contribution in [-0.4, -0.2) is 23.0 Å². The smallest absolute Gasteiger partial charge is 0.109 e. The van der Waals surface area contributed by atoms with Crippen molar-refractivity contribution < 1.29 is 0 Å². The predicted molar refractivity (Wildman–Crippen MR) is 72.9 cm³/mol. The van der Waals surface area contributed by atoms with Gasteiger partial charge in [-0.15, -0.1) is 11.3 Å². The Bertz CT molecular complexity index is 351. The lowest BCUT2D eigenvalue weighted by molar-refractivity contribution is 0.133. The third kappa shape index (κ3) is 3.50. The van der Waals surface area contributed by atoms with Crippen LogP contribution in [0, 0.1) is 11.8 Å². The van der Waals surface area contributed by atoms with E-state index in [1.807, 2.05) is 6.92 Å². The second-order valence-electron chi connectivity index (χ2n) is 5.61. The van der Waals surface area contributed by atoms with E-state index in [4.69, 9.17) is 5.73 Å². The van der Waals surface area contributed by atoms with Gasteiger partial charge in [0.25, 0.3) is 0 Å². The lowest BCUT2D eigenvalue weighted by Crippen LogP contribution is -2.38. The Labute approximate surface area is 108 Å². The second-order valence-corrected chi connectivity index (χ2v) is 6.50. The van der Waals surface area contributed by atoms with Crippen LogP contribution in [0.5, 0.6) is 0 Å². The molecule has 0 saturated carbocycles. The maximum Gasteiger partial charge on any atom is 0.109 e. The van der Waals surface area contributed by atoms with Gasteiger partial charge < -0.3 is 5.73 Å². The van der Waals surface area contributed by atoms with E-state index >= 15 is 0 Å². The molecule has 4 heteroatoms. The van der Waals surface area contributed by atoms with Crippen molar-refractivity contribution in [1.29, 1.82) is 0 Å². The van der Waals surface area contributed by atoms with Gasteiger partial charge in [-0.05, 0) is 25.2 Å². The molecule has 1 aromatic rings. The molecule has 3 atom stereocenters. The van der Waals surface area contributed by atoms with E-state index in [0.717, 1.165) is 23.4 Å². The average Bonchev–Trinajstić information content (AvgIpc) is 2.64. The van der Waals surface area contributed by atoms with Crippen molar-refractivity contribution in [2.45, 2.75) is 39.8 Å². The highest BCUT2D eigenvalue weighted by molar-refractivity contribution is 7.09. The Kier molecular flexibility index (Phi) is 4.17. The van der Waals surface area contributed by atoms with Crippen molar-refractivity contribution in [3.63, 3.8) is 0 Å². The minimum Gasteiger partial charge on any atom is -0.322 e. The first-order valence-electron chi connectivity index (χ1n) is 6.47. The number of likely N-dealkylation sites (tertiary alicyclic amines) is 1. The Morgan fingerprint density at radius 1 is 1.47 bits per heavy atom. The molecule has 0 spiro atoms. The Balaban J connectivity index is 1.95. The highest BCUT2D eigenvalue weighted by Crippen LogP contribution is 2.23. The average molecular weight is 253 g/mol. The third-order valence-corrected chi connectivity index (χ3v) is 4.38. The maximum absolute atomic E-state index is 5.84. The number of nitrogens with zero attached hydrogens (tertiary/aromatic N) is 2. The summed E-state index contributed by atoms with van der Waals surface area (Å²) in [7, 11) is 0. The molecule has 2 heterocycles. The molecule has 0 aliphatic carbocycles. The van der Waals surface area contributed by atoms with Gasteiger partial charge in [0.2, 0.25) is 0 Å². The largest absolute Gasteiger partial charge is 0.322 e. The molecular formula is C13H23N3S. The number of piperidine rings is 1. The zero-order valence-corrected chi connectivity index (χ0v) is 11.8. The Morgan fingerprint density at radius 2 is 2.12 bits per heavy atom. The summed E-state index contributed by atoms with van der Waals surface area (Å²) in [5.74, 6) is 1.62. The van der Waals surface area contributed by atoms with Crippen LogP contribution in [0.4, 0.5) is 0 Å². The maximum atomic E-state index is 5.84. The van der Waals surface area contributed by atoms with E-state index in [9.17, 15) is 0 Å². The van der Waals surface area contributed by atoms with Crippen LogP contribution >= 0.6 is 11.3 Å². The molecule has 0 bridgehead atoms. The van der Waals surface area contributed by atoms with Crippen LogP contribution in [0.15, 0.2) is 5.38 Å². The summed E-state index contributed by atoms with van der Waals surface area (Å²) < 4.78 is 0. The first kappa shape index (κ1) is 13.0. The van der Waals surface area contributed by atoms with Gasteiger partial charge >= 0.3 is 0 Å². The van der Waals surface area contributed by atoms with Crippen LogP contribution in [0.1, 0.15) is 43.9 Å². The molecule has 0 aromatic carbocycles. The molecule has 3 nitrogen and oxygen atoms in total. The van der Waals surface area contributed by atoms with Gasteiger partial charge in [-0.3, -0.25) is 4.90 Å². The van der Waals surface area contributed by atoms with Gasteiger partial charge in [0.1, 0.15) is 5.01 Å². The molecular weight excluding hydrogens is 230 g/mol. The Morgan fingerprint density at radius 3 is 2.65 bits per heavy atom. The summed E-state index contributed by atoms with van der Waals surface area (Å²) in [5.41, 5.74) is 7.02. The summed E-state index contributed by atoms with van der Waals surface area (Å²) in [6, 6.07) is 0.0629. The number of thiazole rings is 1. The van der Waals surface area contributed by atoms with E-state index in [1.165, 1.54) is 25.2 Å². The number of aromatic nitrogens is 1. The quantitative estimate of drug-likeness (QED) is 0.900. The van der Waals surface area contributed by atoms with Gasteiger partial charge in [0, 0.05) is 25.0 Å². The minimum absolute atomic E-state index is 0.0629. The summed E-state index contributed by atoms with van der Waals surface area (Å²) in [4.78, 5) is 7.13. The normalized spacial score (nSPS) is 28.2. The summed E-state index contributed by atoms with van der Waals surface area (Å²) in [6.45, 7) is 10.1. The lowest BCUT2D eigenvalue weighted by Gasteiger charge is -2.34. The molecule has 1 fully saturated rings. The molecule has 1 saturated heterocycles. The topological polar surface area (TPSA) is 42.1 Å². The fourth-order valence-corrected chi connectivity index (χ4v) is 3.52. The predicted octanol–water partition coefficient (Wildman–Crippen LogP) is 2.64. The monoisotopic (exact) mass is 253 g/mol. The molecule has 3 unspecified atom stereocenters. The molecule has 0 radical (unpaired) electrons. The van der Waals surface area contributed by atoms with Crippen molar-refractivity contribution in [3.05, 3.63) is 16.1 Å². The minimum atomic E-state index is 0.0629. The van der Waals surface area contributed by atoms with Crippen molar-refractivity contribution in [3.8, 4) is 0 Å². The fourth-order valence-electron chi connectivity index (χ4n) is 2.75. The number of hydrogen-bond acceptors (Lipinski definition) is 4. The number of rotatable bonds is 3. The van der Waals surface area contributed by atoms with Crippen LogP contribution < -0.4 is 5.73 Å². The molecule has 1 aliphatic heterocycles. The summed E-state index contributed by atoms with van der Waals surface area (Å²) in [5, 5.41) is 3.21. The van der Waals surface area contributed by atoms with Crippen LogP contribution in [-0.2, 0) is 6.54 Å². The zero-order chi connectivity index (χ0) is 12.4. The summed E-state index contributed by atoms with van der Waals surface area (Å²) in [6.07, 6.45) is 1.36. The van der Waals surface area contributed by atoms with E-state index in [-0.39, 0.29) is 6.04 Å². The van der Waals surface area contributed by atoms with E-state index in [2.05, 4.69) is 29.1 Å². The van der Waals surface area contributed by atoms with Crippen LogP contribution in [0.3, 0.4) is 0 Å². The van der Waals surface area contributed by atoms with Gasteiger partial charge in [-0.1, -0.05) is 13.8 Å². The molecule has 2 rings (SSSR count). The van der Waals surface area contributed by atoms with Crippen LogP contribution in [0.25, 0.3) is 0 Å². The lowest BCUT2D eigenvalue weighted by atomic mass is 9.92. The molecule has 96 valence electrons. The van der Waals surface area contributed by atoms with Gasteiger partial charge in [-0.25, -0.2) is 4.98 Å². The third-order valence-electron chi connectivity index (χ3n) is 3.29. The van der Waals surface area contributed by atoms with E-state index < -0.39 is 0 Å². The van der Waals surface area contributed by atoms with Gasteiger partial charge in [0.05, 0.1) is 11.7 Å². The zero-order valence-electron chi connectivity index (χ0n) is 11.0. The first-order chi connectivity index (χ1) is 8.04. The first-order valence-corrected chi connectivity index (χ1v) is 7.34. The van der Waals surface area contributed by atoms with Crippen molar-refractivity contribution in [2.75, 3.05) is 13.1 Å². The SMILES string of the molecule is CC1CC(C)CN(Cc2csc(C(C)N)n2)C1. The fraction of sp³-hybridized carbons (Fsp3) is 0.769. The van der Waals surface area contributed by atoms with Crippen molar-refractivity contribution in [1.82, 2.24) is 9.88 Å². The second kappa shape index (κ2) is 5.46. The standard InChI is InChI=1S/C13H23N3S/c1-9-4-10(2)6-16(5-9)7-12-8-17-13(15-12)11(3)14/h8-11H,4-7,14H2,1-3H3. The Hall–Kier alpha value is -0.450. The van der Waals surface area contributed by atoms with Gasteiger partial charge in [0.15, 0.2) is 0 Å². The van der Waals surface area contributed by atoms with Crippen molar-refractivity contribution >= 4 is 11.3 Å². The molecule has 1 aliphatic rings. The molecule has 17 heavy (non-hydrogen) atoms. The van der Waals surface area contributed by atoms with E-state index in [1.54, 1.807) is 11.3 Å². The molecule has 1 aromatic heterocycles. The summed E-state index contributed by atoms with van der Waals surface area (Å²) >= 11 is 1.69. The highest BCUT2D eigenvalue weighted by atomic mass is 32.1. The number of hydrogen-bond donors (Lipinski definition) is 1. The molecule has 2 N–H and O–H groups in total. The van der Waals surface area contributed by atoms with Crippen LogP contribution in [0.2, 0.25) is 0 Å². The van der Waals surface area contributed by atoms with E-state index in [0.29, 0.717) is 0 Å². The number of nitrogens with two attached hydrogens (primary N) is 1. The molecule has 0 amide bonds. The van der Waals surface area contributed by atoms with Crippen molar-refractivity contribution in [2.24, 2.45) is 17.6 Å². The van der Waals surface area contributed by atoms with Gasteiger partial charge in [-0.2, -0.15) is 0 Å².